The van der Waals surface area contributed by atoms with Crippen molar-refractivity contribution in [1.29, 1.82) is 0 Å². The topological polar surface area (TPSA) is 99.8 Å². The van der Waals surface area contributed by atoms with Crippen LogP contribution in [-0.4, -0.2) is 80.2 Å². The van der Waals surface area contributed by atoms with Crippen molar-refractivity contribution in [3.8, 4) is 0 Å². The molecule has 0 unspecified atom stereocenters. The standard InChI is InChI=1S/C21H29N5O3S/c1-24(2)30(28,29)18-8-9-20(22)19(16-18)21(27)26-14-12-25(13-15-26)11-5-7-17-6-3-4-10-23-17/h3-4,6,8-10,16H,5,7,11-15,22H2,1-2H3. The molecule has 0 aliphatic carbocycles. The molecule has 162 valence electrons. The first-order chi connectivity index (χ1) is 14.3. The van der Waals surface area contributed by atoms with Crippen LogP contribution in [0.1, 0.15) is 22.5 Å². The molecule has 8 nitrogen and oxygen atoms in total. The third-order valence-corrected chi connectivity index (χ3v) is 7.14. The van der Waals surface area contributed by atoms with E-state index in [1.165, 1.54) is 32.3 Å². The van der Waals surface area contributed by atoms with E-state index in [1.54, 1.807) is 4.90 Å². The number of sulfonamides is 1. The zero-order chi connectivity index (χ0) is 21.7. The minimum atomic E-state index is -3.63. The van der Waals surface area contributed by atoms with E-state index in [9.17, 15) is 13.2 Å². The number of hydrogen-bond acceptors (Lipinski definition) is 6. The third-order valence-electron chi connectivity index (χ3n) is 5.33. The van der Waals surface area contributed by atoms with E-state index in [1.807, 2.05) is 24.4 Å². The number of aryl methyl sites for hydroxylation is 1. The van der Waals surface area contributed by atoms with E-state index >= 15 is 0 Å². The van der Waals surface area contributed by atoms with Gasteiger partial charge >= 0.3 is 0 Å². The number of piperazine rings is 1. The zero-order valence-corrected chi connectivity index (χ0v) is 18.3. The first-order valence-electron chi connectivity index (χ1n) is 10.0. The highest BCUT2D eigenvalue weighted by Crippen LogP contribution is 2.22. The van der Waals surface area contributed by atoms with Crippen molar-refractivity contribution in [2.24, 2.45) is 0 Å². The number of nitrogens with two attached hydrogens (primary N) is 1. The second-order valence-electron chi connectivity index (χ2n) is 7.59. The van der Waals surface area contributed by atoms with E-state index in [2.05, 4.69) is 9.88 Å². The number of amides is 1. The first kappa shape index (κ1) is 22.2. The molecule has 0 saturated carbocycles. The highest BCUT2D eigenvalue weighted by molar-refractivity contribution is 7.89. The number of hydrogen-bond donors (Lipinski definition) is 1. The third kappa shape index (κ3) is 5.16. The molecule has 1 aliphatic heterocycles. The van der Waals surface area contributed by atoms with Crippen LogP contribution in [-0.2, 0) is 16.4 Å². The lowest BCUT2D eigenvalue weighted by Gasteiger charge is -2.35. The lowest BCUT2D eigenvalue weighted by molar-refractivity contribution is 0.0637. The quantitative estimate of drug-likeness (QED) is 0.664. The van der Waals surface area contributed by atoms with Gasteiger partial charge in [0.15, 0.2) is 0 Å². The normalized spacial score (nSPS) is 15.5. The average Bonchev–Trinajstić information content (AvgIpc) is 2.74. The van der Waals surface area contributed by atoms with Gasteiger partial charge in [0.1, 0.15) is 0 Å². The van der Waals surface area contributed by atoms with Crippen molar-refractivity contribution in [2.45, 2.75) is 17.7 Å². The number of aromatic nitrogens is 1. The van der Waals surface area contributed by atoms with Gasteiger partial charge in [-0.05, 0) is 49.7 Å². The Hall–Kier alpha value is -2.49. The number of benzene rings is 1. The van der Waals surface area contributed by atoms with Gasteiger partial charge in [0.05, 0.1) is 10.5 Å². The fourth-order valence-corrected chi connectivity index (χ4v) is 4.40. The van der Waals surface area contributed by atoms with E-state index in [-0.39, 0.29) is 22.1 Å². The van der Waals surface area contributed by atoms with Crippen molar-refractivity contribution >= 4 is 21.6 Å². The highest BCUT2D eigenvalue weighted by atomic mass is 32.2. The predicted octanol–water partition coefficient (Wildman–Crippen LogP) is 1.30. The van der Waals surface area contributed by atoms with E-state index in [0.717, 1.165) is 42.5 Å². The number of carbonyl (C=O) groups is 1. The summed E-state index contributed by atoms with van der Waals surface area (Å²) in [4.78, 5) is 21.5. The molecule has 1 fully saturated rings. The molecular weight excluding hydrogens is 402 g/mol. The summed E-state index contributed by atoms with van der Waals surface area (Å²) in [6.07, 6.45) is 3.76. The number of nitrogens with zero attached hydrogens (tertiary/aromatic N) is 4. The van der Waals surface area contributed by atoms with Crippen molar-refractivity contribution in [1.82, 2.24) is 19.1 Å². The second-order valence-corrected chi connectivity index (χ2v) is 9.75. The summed E-state index contributed by atoms with van der Waals surface area (Å²) in [7, 11) is -0.712. The molecule has 1 saturated heterocycles. The molecule has 3 rings (SSSR count). The Morgan fingerprint density at radius 1 is 1.13 bits per heavy atom. The molecule has 0 bridgehead atoms. The van der Waals surface area contributed by atoms with Crippen LogP contribution in [0.25, 0.3) is 0 Å². The van der Waals surface area contributed by atoms with Gasteiger partial charge in [-0.1, -0.05) is 6.07 Å². The molecule has 1 amide bonds. The first-order valence-corrected chi connectivity index (χ1v) is 11.5. The molecule has 1 aliphatic rings. The maximum Gasteiger partial charge on any atom is 0.256 e. The number of anilines is 1. The van der Waals surface area contributed by atoms with Gasteiger partial charge in [0.2, 0.25) is 10.0 Å². The monoisotopic (exact) mass is 431 g/mol. The summed E-state index contributed by atoms with van der Waals surface area (Å²) in [6, 6.07) is 10.2. The van der Waals surface area contributed by atoms with Gasteiger partial charge < -0.3 is 10.6 Å². The zero-order valence-electron chi connectivity index (χ0n) is 17.5. The second kappa shape index (κ2) is 9.55. The van der Waals surface area contributed by atoms with Gasteiger partial charge in [-0.2, -0.15) is 0 Å². The van der Waals surface area contributed by atoms with Crippen LogP contribution < -0.4 is 5.73 Å². The van der Waals surface area contributed by atoms with Crippen molar-refractivity contribution in [2.75, 3.05) is 52.6 Å². The van der Waals surface area contributed by atoms with Crippen LogP contribution in [0, 0.1) is 0 Å². The van der Waals surface area contributed by atoms with Crippen LogP contribution >= 0.6 is 0 Å². The SMILES string of the molecule is CN(C)S(=O)(=O)c1ccc(N)c(C(=O)N2CCN(CCCc3ccccn3)CC2)c1. The Kier molecular flexibility index (Phi) is 7.06. The van der Waals surface area contributed by atoms with Crippen LogP contribution in [0.5, 0.6) is 0 Å². The summed E-state index contributed by atoms with van der Waals surface area (Å²) in [6.45, 7) is 3.70. The van der Waals surface area contributed by atoms with Crippen LogP contribution in [0.4, 0.5) is 5.69 Å². The molecule has 2 aromatic rings. The molecule has 9 heteroatoms. The predicted molar refractivity (Wildman–Crippen MR) is 117 cm³/mol. The Labute approximate surface area is 178 Å². The van der Waals surface area contributed by atoms with Crippen molar-refractivity contribution in [3.63, 3.8) is 0 Å². The van der Waals surface area contributed by atoms with Gasteiger partial charge in [0, 0.05) is 57.9 Å². The minimum absolute atomic E-state index is 0.0678. The molecule has 2 heterocycles. The summed E-state index contributed by atoms with van der Waals surface area (Å²) in [5.74, 6) is -0.226. The number of rotatable bonds is 7. The molecule has 0 radical (unpaired) electrons. The lowest BCUT2D eigenvalue weighted by atomic mass is 10.1. The number of pyridine rings is 1. The largest absolute Gasteiger partial charge is 0.398 e. The number of nitrogen functional groups attached to an aromatic ring is 1. The Morgan fingerprint density at radius 2 is 1.87 bits per heavy atom. The Balaban J connectivity index is 1.57. The van der Waals surface area contributed by atoms with Crippen LogP contribution in [0.3, 0.4) is 0 Å². The fourth-order valence-electron chi connectivity index (χ4n) is 3.47. The summed E-state index contributed by atoms with van der Waals surface area (Å²) < 4.78 is 25.9. The minimum Gasteiger partial charge on any atom is -0.398 e. The molecule has 30 heavy (non-hydrogen) atoms. The molecule has 1 aromatic heterocycles. The molecular formula is C21H29N5O3S. The molecule has 0 atom stereocenters. The fraction of sp³-hybridized carbons (Fsp3) is 0.429. The lowest BCUT2D eigenvalue weighted by Crippen LogP contribution is -2.49. The van der Waals surface area contributed by atoms with Crippen molar-refractivity contribution in [3.05, 3.63) is 53.9 Å². The highest BCUT2D eigenvalue weighted by Gasteiger charge is 2.25. The molecule has 2 N–H and O–H groups in total. The summed E-state index contributed by atoms with van der Waals surface area (Å²) in [5.41, 5.74) is 7.61. The van der Waals surface area contributed by atoms with Gasteiger partial charge in [-0.3, -0.25) is 14.7 Å². The number of carbonyl (C=O) groups excluding carboxylic acids is 1. The van der Waals surface area contributed by atoms with E-state index in [0.29, 0.717) is 13.1 Å². The van der Waals surface area contributed by atoms with Gasteiger partial charge in [-0.25, -0.2) is 12.7 Å². The Morgan fingerprint density at radius 3 is 2.50 bits per heavy atom. The van der Waals surface area contributed by atoms with Crippen LogP contribution in [0.15, 0.2) is 47.5 Å². The Bertz CT molecular complexity index is 971. The van der Waals surface area contributed by atoms with Gasteiger partial charge in [-0.15, -0.1) is 0 Å². The van der Waals surface area contributed by atoms with E-state index in [4.69, 9.17) is 5.73 Å². The molecule has 0 spiro atoms. The summed E-state index contributed by atoms with van der Waals surface area (Å²) >= 11 is 0. The van der Waals surface area contributed by atoms with Crippen molar-refractivity contribution < 1.29 is 13.2 Å². The maximum atomic E-state index is 13.0. The average molecular weight is 432 g/mol. The smallest absolute Gasteiger partial charge is 0.256 e. The maximum absolute atomic E-state index is 13.0. The summed E-state index contributed by atoms with van der Waals surface area (Å²) in [5, 5.41) is 0. The molecule has 1 aromatic carbocycles. The van der Waals surface area contributed by atoms with E-state index < -0.39 is 10.0 Å². The van der Waals surface area contributed by atoms with Gasteiger partial charge in [0.25, 0.3) is 5.91 Å². The van der Waals surface area contributed by atoms with Crippen LogP contribution in [0.2, 0.25) is 0 Å².